The molecule has 0 aliphatic heterocycles. The molecule has 5 heteroatoms. The molecule has 2 aromatic carbocycles. The summed E-state index contributed by atoms with van der Waals surface area (Å²) in [6.07, 6.45) is 4.35. The van der Waals surface area contributed by atoms with Crippen LogP contribution in [0.3, 0.4) is 0 Å². The molecule has 0 aromatic heterocycles. The fourth-order valence-electron chi connectivity index (χ4n) is 4.37. The summed E-state index contributed by atoms with van der Waals surface area (Å²) in [7, 11) is 4.14. The Morgan fingerprint density at radius 1 is 1.14 bits per heavy atom. The van der Waals surface area contributed by atoms with E-state index in [0.29, 0.717) is 23.9 Å². The van der Waals surface area contributed by atoms with Crippen molar-refractivity contribution in [3.05, 3.63) is 69.9 Å². The van der Waals surface area contributed by atoms with Gasteiger partial charge < -0.3 is 10.2 Å². The van der Waals surface area contributed by atoms with Crippen molar-refractivity contribution in [3.8, 4) is 0 Å². The summed E-state index contributed by atoms with van der Waals surface area (Å²) < 4.78 is 14.5. The zero-order valence-corrected chi connectivity index (χ0v) is 18.1. The molecule has 0 saturated heterocycles. The summed E-state index contributed by atoms with van der Waals surface area (Å²) in [5, 5.41) is 3.09. The zero-order valence-electron chi connectivity index (χ0n) is 16.5. The Morgan fingerprint density at radius 2 is 1.86 bits per heavy atom. The predicted octanol–water partition coefficient (Wildman–Crippen LogP) is 5.43. The molecule has 3 nitrogen and oxygen atoms in total. The van der Waals surface area contributed by atoms with E-state index in [1.165, 1.54) is 6.07 Å². The Balaban J connectivity index is 1.55. The minimum absolute atomic E-state index is 0.0273. The van der Waals surface area contributed by atoms with Crippen molar-refractivity contribution < 1.29 is 9.18 Å². The van der Waals surface area contributed by atoms with Crippen molar-refractivity contribution >= 4 is 21.8 Å². The molecule has 28 heavy (non-hydrogen) atoms. The van der Waals surface area contributed by atoms with Gasteiger partial charge in [0.05, 0.1) is 5.56 Å². The third-order valence-electron chi connectivity index (χ3n) is 5.75. The first kappa shape index (κ1) is 21.0. The largest absolute Gasteiger partial charge is 0.352 e. The molecule has 1 amide bonds. The van der Waals surface area contributed by atoms with Gasteiger partial charge in [0.2, 0.25) is 0 Å². The van der Waals surface area contributed by atoms with Crippen LogP contribution in [0.5, 0.6) is 0 Å². The highest BCUT2D eigenvalue weighted by Crippen LogP contribution is 2.39. The van der Waals surface area contributed by atoms with Gasteiger partial charge >= 0.3 is 0 Å². The number of benzene rings is 2. The van der Waals surface area contributed by atoms with Crippen LogP contribution in [0.1, 0.15) is 47.6 Å². The average Bonchev–Trinajstić information content (AvgIpc) is 2.67. The quantitative estimate of drug-likeness (QED) is 0.641. The van der Waals surface area contributed by atoms with E-state index in [9.17, 15) is 9.18 Å². The van der Waals surface area contributed by atoms with Gasteiger partial charge in [-0.3, -0.25) is 4.79 Å². The van der Waals surface area contributed by atoms with E-state index < -0.39 is 0 Å². The number of hydrogen-bond acceptors (Lipinski definition) is 2. The highest BCUT2D eigenvalue weighted by Gasteiger charge is 2.30. The Morgan fingerprint density at radius 3 is 2.50 bits per heavy atom. The van der Waals surface area contributed by atoms with Crippen molar-refractivity contribution in [2.75, 3.05) is 20.6 Å². The highest BCUT2D eigenvalue weighted by molar-refractivity contribution is 9.10. The van der Waals surface area contributed by atoms with Gasteiger partial charge in [-0.15, -0.1) is 0 Å². The van der Waals surface area contributed by atoms with E-state index >= 15 is 0 Å². The van der Waals surface area contributed by atoms with Crippen molar-refractivity contribution in [2.24, 2.45) is 11.8 Å². The number of nitrogens with zero attached hydrogens (tertiary/aromatic N) is 1. The molecule has 1 atom stereocenters. The van der Waals surface area contributed by atoms with Gasteiger partial charge in [-0.2, -0.15) is 0 Å². The molecular weight excluding hydrogens is 419 g/mol. The van der Waals surface area contributed by atoms with Crippen LogP contribution in [-0.2, 0) is 0 Å². The third kappa shape index (κ3) is 5.21. The number of rotatable bonds is 6. The number of nitrogens with one attached hydrogen (secondary N) is 1. The smallest absolute Gasteiger partial charge is 0.252 e. The molecule has 0 heterocycles. The summed E-state index contributed by atoms with van der Waals surface area (Å²) in [4.78, 5) is 14.6. The van der Waals surface area contributed by atoms with Crippen LogP contribution in [0, 0.1) is 17.7 Å². The molecule has 1 unspecified atom stereocenters. The molecule has 1 fully saturated rings. The van der Waals surface area contributed by atoms with Gasteiger partial charge in [-0.1, -0.05) is 24.3 Å². The lowest BCUT2D eigenvalue weighted by Crippen LogP contribution is -2.34. The van der Waals surface area contributed by atoms with E-state index in [-0.39, 0.29) is 17.8 Å². The van der Waals surface area contributed by atoms with Gasteiger partial charge in [0.1, 0.15) is 5.82 Å². The second kappa shape index (κ2) is 9.66. The lowest BCUT2D eigenvalue weighted by molar-refractivity contribution is 0.0933. The van der Waals surface area contributed by atoms with Gasteiger partial charge in [0.15, 0.2) is 0 Å². The van der Waals surface area contributed by atoms with Gasteiger partial charge in [-0.05, 0) is 97.4 Å². The monoisotopic (exact) mass is 446 g/mol. The molecule has 1 saturated carbocycles. The first-order valence-electron chi connectivity index (χ1n) is 9.90. The van der Waals surface area contributed by atoms with Crippen LogP contribution >= 0.6 is 15.9 Å². The van der Waals surface area contributed by atoms with E-state index in [2.05, 4.69) is 40.2 Å². The zero-order chi connectivity index (χ0) is 20.1. The standard InChI is InChI=1S/C23H28BrFN2O/c1-27(2)22(18-6-5-7-19(25)14-18)17-12-10-16(11-13-17)15-26-23(28)20-8-3-4-9-21(20)24/h3-9,14,16-17,22H,10-13,15H2,1-2H3,(H,26,28). The maximum atomic E-state index is 13.7. The molecule has 1 N–H and O–H groups in total. The van der Waals surface area contributed by atoms with E-state index in [1.54, 1.807) is 12.1 Å². The second-order valence-electron chi connectivity index (χ2n) is 7.93. The number of halogens is 2. The minimum Gasteiger partial charge on any atom is -0.352 e. The SMILES string of the molecule is CN(C)C(c1cccc(F)c1)C1CCC(CNC(=O)c2ccccc2Br)CC1. The molecule has 0 spiro atoms. The highest BCUT2D eigenvalue weighted by atomic mass is 79.9. The Hall–Kier alpha value is -1.72. The summed E-state index contributed by atoms with van der Waals surface area (Å²) in [5.41, 5.74) is 1.73. The summed E-state index contributed by atoms with van der Waals surface area (Å²) in [6.45, 7) is 0.708. The van der Waals surface area contributed by atoms with Crippen LogP contribution in [0.4, 0.5) is 4.39 Å². The summed E-state index contributed by atoms with van der Waals surface area (Å²) >= 11 is 3.44. The molecule has 1 aliphatic rings. The summed E-state index contributed by atoms with van der Waals surface area (Å²) in [6, 6.07) is 14.7. The van der Waals surface area contributed by atoms with Crippen LogP contribution < -0.4 is 5.32 Å². The van der Waals surface area contributed by atoms with Crippen LogP contribution in [0.15, 0.2) is 53.0 Å². The molecule has 0 radical (unpaired) electrons. The van der Waals surface area contributed by atoms with Crippen molar-refractivity contribution in [1.29, 1.82) is 0 Å². The molecule has 1 aliphatic carbocycles. The second-order valence-corrected chi connectivity index (χ2v) is 8.79. The average molecular weight is 447 g/mol. The molecule has 150 valence electrons. The first-order chi connectivity index (χ1) is 13.5. The fourth-order valence-corrected chi connectivity index (χ4v) is 4.83. The van der Waals surface area contributed by atoms with Crippen molar-refractivity contribution in [1.82, 2.24) is 10.2 Å². The lowest BCUT2D eigenvalue weighted by atomic mass is 9.76. The van der Waals surface area contributed by atoms with Gasteiger partial charge in [0.25, 0.3) is 5.91 Å². The van der Waals surface area contributed by atoms with Crippen LogP contribution in [-0.4, -0.2) is 31.4 Å². The molecule has 0 bridgehead atoms. The number of hydrogen-bond donors (Lipinski definition) is 1. The predicted molar refractivity (Wildman–Crippen MR) is 115 cm³/mol. The number of carbonyl (C=O) groups excluding carboxylic acids is 1. The molecule has 2 aromatic rings. The van der Waals surface area contributed by atoms with Crippen LogP contribution in [0.2, 0.25) is 0 Å². The van der Waals surface area contributed by atoms with Gasteiger partial charge in [0, 0.05) is 17.1 Å². The van der Waals surface area contributed by atoms with Crippen molar-refractivity contribution in [2.45, 2.75) is 31.7 Å². The Labute approximate surface area is 175 Å². The number of amides is 1. The minimum atomic E-state index is -0.173. The van der Waals surface area contributed by atoms with E-state index in [0.717, 1.165) is 35.7 Å². The Bertz CT molecular complexity index is 803. The third-order valence-corrected chi connectivity index (χ3v) is 6.45. The van der Waals surface area contributed by atoms with Gasteiger partial charge in [-0.25, -0.2) is 4.39 Å². The lowest BCUT2D eigenvalue weighted by Gasteiger charge is -2.37. The van der Waals surface area contributed by atoms with E-state index in [4.69, 9.17) is 0 Å². The summed E-state index contributed by atoms with van der Waals surface area (Å²) in [5.74, 6) is 0.804. The van der Waals surface area contributed by atoms with Crippen LogP contribution in [0.25, 0.3) is 0 Å². The number of carbonyl (C=O) groups is 1. The molecular formula is C23H28BrFN2O. The van der Waals surface area contributed by atoms with Crippen molar-refractivity contribution in [3.63, 3.8) is 0 Å². The topological polar surface area (TPSA) is 32.3 Å². The maximum Gasteiger partial charge on any atom is 0.252 e. The molecule has 3 rings (SSSR count). The van der Waals surface area contributed by atoms with E-state index in [1.807, 2.05) is 30.3 Å². The Kier molecular flexibility index (Phi) is 7.24. The fraction of sp³-hybridized carbons (Fsp3) is 0.435. The first-order valence-corrected chi connectivity index (χ1v) is 10.7. The normalized spacial score (nSPS) is 20.8. The maximum absolute atomic E-state index is 13.7.